The average Bonchev–Trinajstić information content (AvgIpc) is 3.39. The van der Waals surface area contributed by atoms with Crippen LogP contribution < -0.4 is 10.5 Å². The van der Waals surface area contributed by atoms with Crippen molar-refractivity contribution in [3.05, 3.63) is 64.0 Å². The number of rotatable bonds is 4. The molecule has 0 aliphatic carbocycles. The van der Waals surface area contributed by atoms with Crippen LogP contribution in [-0.2, 0) is 6.54 Å². The minimum absolute atomic E-state index is 0.0260. The average molecular weight is 394 g/mol. The Morgan fingerprint density at radius 3 is 2.71 bits per heavy atom. The third-order valence-electron chi connectivity index (χ3n) is 4.85. The molecule has 3 aromatic heterocycles. The number of anilines is 1. The van der Waals surface area contributed by atoms with Crippen LogP contribution in [0.3, 0.4) is 0 Å². The van der Waals surface area contributed by atoms with E-state index in [0.717, 1.165) is 48.5 Å². The number of piperazine rings is 1. The van der Waals surface area contributed by atoms with Gasteiger partial charge < -0.3 is 4.90 Å². The summed E-state index contributed by atoms with van der Waals surface area (Å²) in [6.45, 7) is 4.00. The molecular formula is C18H18N8OS. The molecule has 0 radical (unpaired) electrons. The molecule has 4 heterocycles. The van der Waals surface area contributed by atoms with Crippen molar-refractivity contribution in [3.8, 4) is 5.69 Å². The van der Waals surface area contributed by atoms with Crippen molar-refractivity contribution >= 4 is 22.2 Å². The molecule has 0 amide bonds. The van der Waals surface area contributed by atoms with Crippen molar-refractivity contribution in [2.75, 3.05) is 31.1 Å². The standard InChI is InChI=1S/C18H18N8OS/c27-16-12-14(19-18-25(16)10-11-28-18)13-23-6-8-24(9-7-23)17-20-21-22-26(17)15-4-2-1-3-5-15/h1-5,10-12H,6-9,13H2. The first-order chi connectivity index (χ1) is 13.8. The van der Waals surface area contributed by atoms with Gasteiger partial charge in [0.15, 0.2) is 4.96 Å². The van der Waals surface area contributed by atoms with Crippen LogP contribution in [-0.4, -0.2) is 60.7 Å². The number of fused-ring (bicyclic) bond motifs is 1. The second-order valence-electron chi connectivity index (χ2n) is 6.63. The molecule has 142 valence electrons. The Morgan fingerprint density at radius 1 is 1.07 bits per heavy atom. The lowest BCUT2D eigenvalue weighted by molar-refractivity contribution is 0.245. The first-order valence-electron chi connectivity index (χ1n) is 9.05. The summed E-state index contributed by atoms with van der Waals surface area (Å²) in [6.07, 6.45) is 1.76. The van der Waals surface area contributed by atoms with Crippen LogP contribution in [0.1, 0.15) is 5.69 Å². The first kappa shape index (κ1) is 17.0. The van der Waals surface area contributed by atoms with E-state index in [4.69, 9.17) is 0 Å². The molecule has 0 N–H and O–H groups in total. The summed E-state index contributed by atoms with van der Waals surface area (Å²) in [5.41, 5.74) is 1.73. The highest BCUT2D eigenvalue weighted by Crippen LogP contribution is 2.17. The maximum Gasteiger partial charge on any atom is 0.258 e. The minimum atomic E-state index is -0.0260. The minimum Gasteiger partial charge on any atom is -0.337 e. The SMILES string of the molecule is O=c1cc(CN2CCN(c3nnnn3-c3ccccc3)CC2)nc2sccn12. The summed E-state index contributed by atoms with van der Waals surface area (Å²) in [7, 11) is 0. The summed E-state index contributed by atoms with van der Waals surface area (Å²) in [5, 5.41) is 14.1. The van der Waals surface area contributed by atoms with Gasteiger partial charge in [-0.2, -0.15) is 4.68 Å². The van der Waals surface area contributed by atoms with Crippen LogP contribution in [0.25, 0.3) is 10.6 Å². The fourth-order valence-corrected chi connectivity index (χ4v) is 4.16. The Kier molecular flexibility index (Phi) is 4.34. The van der Waals surface area contributed by atoms with Gasteiger partial charge in [0.25, 0.3) is 5.56 Å². The fraction of sp³-hybridized carbons (Fsp3) is 0.278. The van der Waals surface area contributed by atoms with Crippen LogP contribution in [0.4, 0.5) is 5.95 Å². The van der Waals surface area contributed by atoms with Crippen LogP contribution in [0.5, 0.6) is 0 Å². The summed E-state index contributed by atoms with van der Waals surface area (Å²) in [6, 6.07) is 11.5. The molecule has 5 rings (SSSR count). The van der Waals surface area contributed by atoms with Gasteiger partial charge in [-0.3, -0.25) is 14.1 Å². The normalized spacial score (nSPS) is 15.4. The Hall–Kier alpha value is -3.11. The van der Waals surface area contributed by atoms with E-state index in [2.05, 4.69) is 30.3 Å². The monoisotopic (exact) mass is 394 g/mol. The van der Waals surface area contributed by atoms with E-state index >= 15 is 0 Å². The molecule has 9 nitrogen and oxygen atoms in total. The lowest BCUT2D eigenvalue weighted by atomic mass is 10.3. The highest BCUT2D eigenvalue weighted by atomic mass is 32.1. The van der Waals surface area contributed by atoms with E-state index in [1.807, 2.05) is 35.7 Å². The predicted molar refractivity (Wildman–Crippen MR) is 106 cm³/mol. The van der Waals surface area contributed by atoms with Gasteiger partial charge in [-0.1, -0.05) is 23.3 Å². The molecule has 1 aliphatic rings. The second kappa shape index (κ2) is 7.13. The molecule has 0 bridgehead atoms. The van der Waals surface area contributed by atoms with Crippen LogP contribution in [0.15, 0.2) is 52.8 Å². The number of hydrogen-bond acceptors (Lipinski definition) is 8. The van der Waals surface area contributed by atoms with Gasteiger partial charge in [-0.15, -0.1) is 11.3 Å². The number of aromatic nitrogens is 6. The Bertz CT molecular complexity index is 1140. The molecular weight excluding hydrogens is 376 g/mol. The van der Waals surface area contributed by atoms with Crippen molar-refractivity contribution in [1.82, 2.24) is 34.5 Å². The van der Waals surface area contributed by atoms with Gasteiger partial charge in [0.1, 0.15) is 0 Å². The lowest BCUT2D eigenvalue weighted by Gasteiger charge is -2.34. The van der Waals surface area contributed by atoms with E-state index in [9.17, 15) is 4.79 Å². The quantitative estimate of drug-likeness (QED) is 0.512. The molecule has 0 atom stereocenters. The molecule has 4 aromatic rings. The number of para-hydroxylation sites is 1. The molecule has 1 aromatic carbocycles. The largest absolute Gasteiger partial charge is 0.337 e. The number of tetrazole rings is 1. The highest BCUT2D eigenvalue weighted by Gasteiger charge is 2.22. The van der Waals surface area contributed by atoms with Crippen molar-refractivity contribution in [3.63, 3.8) is 0 Å². The second-order valence-corrected chi connectivity index (χ2v) is 7.50. The van der Waals surface area contributed by atoms with Gasteiger partial charge >= 0.3 is 0 Å². The van der Waals surface area contributed by atoms with Crippen LogP contribution in [0.2, 0.25) is 0 Å². The highest BCUT2D eigenvalue weighted by molar-refractivity contribution is 7.15. The van der Waals surface area contributed by atoms with Crippen molar-refractivity contribution in [2.45, 2.75) is 6.54 Å². The molecule has 0 unspecified atom stereocenters. The van der Waals surface area contributed by atoms with Crippen LogP contribution in [0, 0.1) is 0 Å². The maximum atomic E-state index is 12.2. The van der Waals surface area contributed by atoms with Gasteiger partial charge in [0, 0.05) is 50.4 Å². The summed E-state index contributed by atoms with van der Waals surface area (Å²) >= 11 is 1.48. The first-order valence-corrected chi connectivity index (χ1v) is 9.93. The zero-order chi connectivity index (χ0) is 18.9. The number of nitrogens with zero attached hydrogens (tertiary/aromatic N) is 8. The van der Waals surface area contributed by atoms with E-state index in [-0.39, 0.29) is 5.56 Å². The summed E-state index contributed by atoms with van der Waals surface area (Å²) in [5.74, 6) is 0.752. The van der Waals surface area contributed by atoms with Gasteiger partial charge in [0.2, 0.25) is 5.95 Å². The molecule has 10 heteroatoms. The number of benzene rings is 1. The molecule has 1 saturated heterocycles. The van der Waals surface area contributed by atoms with Crippen molar-refractivity contribution in [2.24, 2.45) is 0 Å². The smallest absolute Gasteiger partial charge is 0.258 e. The zero-order valence-electron chi connectivity index (χ0n) is 15.0. The van der Waals surface area contributed by atoms with E-state index < -0.39 is 0 Å². The van der Waals surface area contributed by atoms with Crippen molar-refractivity contribution in [1.29, 1.82) is 0 Å². The summed E-state index contributed by atoms with van der Waals surface area (Å²) in [4.78, 5) is 22.0. The molecule has 0 spiro atoms. The topological polar surface area (TPSA) is 84.5 Å². The zero-order valence-corrected chi connectivity index (χ0v) is 15.9. The number of hydrogen-bond donors (Lipinski definition) is 0. The Labute approximate surface area is 164 Å². The van der Waals surface area contributed by atoms with Crippen LogP contribution >= 0.6 is 11.3 Å². The van der Waals surface area contributed by atoms with Gasteiger partial charge in [-0.05, 0) is 22.6 Å². The Morgan fingerprint density at radius 2 is 1.89 bits per heavy atom. The molecule has 0 saturated carbocycles. The van der Waals surface area contributed by atoms with Gasteiger partial charge in [-0.25, -0.2) is 4.98 Å². The van der Waals surface area contributed by atoms with E-state index in [1.165, 1.54) is 11.3 Å². The van der Waals surface area contributed by atoms with E-state index in [0.29, 0.717) is 6.54 Å². The fourth-order valence-electron chi connectivity index (χ4n) is 3.42. The lowest BCUT2D eigenvalue weighted by Crippen LogP contribution is -2.47. The number of thiazole rings is 1. The molecule has 1 fully saturated rings. The predicted octanol–water partition coefficient (Wildman–Crippen LogP) is 1.05. The Balaban J connectivity index is 1.28. The van der Waals surface area contributed by atoms with E-state index in [1.54, 1.807) is 21.3 Å². The summed E-state index contributed by atoms with van der Waals surface area (Å²) < 4.78 is 3.35. The molecule has 28 heavy (non-hydrogen) atoms. The maximum absolute atomic E-state index is 12.2. The third kappa shape index (κ3) is 3.16. The third-order valence-corrected chi connectivity index (χ3v) is 5.61. The molecule has 1 aliphatic heterocycles. The van der Waals surface area contributed by atoms with Crippen molar-refractivity contribution < 1.29 is 0 Å². The van der Waals surface area contributed by atoms with Gasteiger partial charge in [0.05, 0.1) is 11.4 Å².